The Hall–Kier alpha value is -2.55. The number of hydrogen-bond acceptors (Lipinski definition) is 4. The Balaban J connectivity index is 2.51. The zero-order valence-electron chi connectivity index (χ0n) is 12.1. The average molecular weight is 342 g/mol. The largest absolute Gasteiger partial charge is 0.307 e. The van der Waals surface area contributed by atoms with Gasteiger partial charge in [-0.05, 0) is 26.0 Å². The van der Waals surface area contributed by atoms with Crippen molar-refractivity contribution in [2.75, 3.05) is 4.72 Å². The number of halogens is 2. The van der Waals surface area contributed by atoms with Crippen molar-refractivity contribution in [3.05, 3.63) is 63.2 Å². The number of hydrogen-bond donors (Lipinski definition) is 1. The topological polar surface area (TPSA) is 89.3 Å². The highest BCUT2D eigenvalue weighted by Gasteiger charge is 2.25. The first kappa shape index (κ1) is 16.8. The quantitative estimate of drug-likeness (QED) is 0.682. The summed E-state index contributed by atoms with van der Waals surface area (Å²) in [6.45, 7) is 2.75. The van der Waals surface area contributed by atoms with E-state index in [0.717, 1.165) is 12.5 Å². The highest BCUT2D eigenvalue weighted by atomic mass is 32.2. The first-order chi connectivity index (χ1) is 10.6. The van der Waals surface area contributed by atoms with E-state index in [2.05, 4.69) is 0 Å². The summed E-state index contributed by atoms with van der Waals surface area (Å²) in [5.74, 6) is -2.55. The molecule has 122 valence electrons. The van der Waals surface area contributed by atoms with E-state index in [9.17, 15) is 27.3 Å². The van der Waals surface area contributed by atoms with E-state index >= 15 is 0 Å². The Morgan fingerprint density at radius 1 is 1.09 bits per heavy atom. The minimum Gasteiger partial charge on any atom is -0.276 e. The molecule has 9 heteroatoms. The molecule has 0 aliphatic heterocycles. The van der Waals surface area contributed by atoms with E-state index in [0.29, 0.717) is 6.07 Å². The summed E-state index contributed by atoms with van der Waals surface area (Å²) in [4.78, 5) is 9.58. The molecular weight excluding hydrogens is 330 g/mol. The van der Waals surface area contributed by atoms with E-state index in [1.165, 1.54) is 12.1 Å². The summed E-state index contributed by atoms with van der Waals surface area (Å²) in [6, 6.07) is 6.22. The van der Waals surface area contributed by atoms with Crippen LogP contribution >= 0.6 is 0 Å². The Labute approximate surface area is 131 Å². The van der Waals surface area contributed by atoms with E-state index in [-0.39, 0.29) is 4.90 Å². The van der Waals surface area contributed by atoms with Crippen LogP contribution in [0.1, 0.15) is 11.1 Å². The predicted octanol–water partition coefficient (Wildman–Crippen LogP) is 3.29. The van der Waals surface area contributed by atoms with Gasteiger partial charge in [-0.15, -0.1) is 0 Å². The van der Waals surface area contributed by atoms with Crippen molar-refractivity contribution in [2.24, 2.45) is 0 Å². The van der Waals surface area contributed by atoms with Crippen LogP contribution in [0.4, 0.5) is 20.2 Å². The molecule has 0 unspecified atom stereocenters. The molecule has 2 aromatic rings. The molecule has 0 bridgehead atoms. The van der Waals surface area contributed by atoms with Crippen molar-refractivity contribution in [1.29, 1.82) is 0 Å². The van der Waals surface area contributed by atoms with Gasteiger partial charge in [-0.1, -0.05) is 17.7 Å². The summed E-state index contributed by atoms with van der Waals surface area (Å²) in [5, 5.41) is 10.8. The third-order valence-electron chi connectivity index (χ3n) is 3.17. The van der Waals surface area contributed by atoms with E-state index in [4.69, 9.17) is 0 Å². The Kier molecular flexibility index (Phi) is 4.33. The van der Waals surface area contributed by atoms with Gasteiger partial charge in [0.1, 0.15) is 0 Å². The maximum Gasteiger partial charge on any atom is 0.307 e. The van der Waals surface area contributed by atoms with Crippen LogP contribution in [0.5, 0.6) is 0 Å². The lowest BCUT2D eigenvalue weighted by Crippen LogP contribution is -2.15. The molecule has 0 spiro atoms. The fourth-order valence-corrected chi connectivity index (χ4v) is 2.93. The number of nitro benzene ring substituents is 1. The summed E-state index contributed by atoms with van der Waals surface area (Å²) in [6.07, 6.45) is 0. The molecule has 2 aromatic carbocycles. The fraction of sp³-hybridized carbons (Fsp3) is 0.143. The first-order valence-electron chi connectivity index (χ1n) is 6.36. The Bertz CT molecular complexity index is 881. The second-order valence-corrected chi connectivity index (χ2v) is 6.55. The molecule has 0 saturated carbocycles. The number of nitrogens with one attached hydrogen (secondary N) is 1. The van der Waals surface area contributed by atoms with E-state index in [1.807, 2.05) is 4.72 Å². The van der Waals surface area contributed by atoms with Gasteiger partial charge in [-0.3, -0.25) is 14.8 Å². The monoisotopic (exact) mass is 342 g/mol. The Morgan fingerprint density at radius 2 is 1.65 bits per heavy atom. The molecule has 0 saturated heterocycles. The maximum atomic E-state index is 14.0. The summed E-state index contributed by atoms with van der Waals surface area (Å²) >= 11 is 0. The molecule has 0 fully saturated rings. The van der Waals surface area contributed by atoms with Crippen molar-refractivity contribution in [1.82, 2.24) is 0 Å². The van der Waals surface area contributed by atoms with Crippen LogP contribution in [0.2, 0.25) is 0 Å². The van der Waals surface area contributed by atoms with Crippen LogP contribution in [0, 0.1) is 35.6 Å². The molecule has 1 N–H and O–H groups in total. The van der Waals surface area contributed by atoms with Gasteiger partial charge in [0.25, 0.3) is 10.0 Å². The minimum atomic E-state index is -4.16. The van der Waals surface area contributed by atoms with E-state index in [1.54, 1.807) is 19.1 Å². The van der Waals surface area contributed by atoms with Gasteiger partial charge in [-0.2, -0.15) is 4.39 Å². The van der Waals surface area contributed by atoms with Crippen LogP contribution in [-0.4, -0.2) is 13.3 Å². The highest BCUT2D eigenvalue weighted by molar-refractivity contribution is 7.92. The van der Waals surface area contributed by atoms with Crippen LogP contribution in [0.15, 0.2) is 35.2 Å². The molecule has 0 aliphatic carbocycles. The SMILES string of the molecule is Cc1ccc(S(=O)(=O)Nc2cc([N+](=O)[O-])c(F)c(C)c2F)cc1. The Morgan fingerprint density at radius 3 is 2.17 bits per heavy atom. The lowest BCUT2D eigenvalue weighted by atomic mass is 10.1. The van der Waals surface area contributed by atoms with Crippen LogP contribution in [0.25, 0.3) is 0 Å². The summed E-state index contributed by atoms with van der Waals surface area (Å²) in [7, 11) is -4.16. The van der Waals surface area contributed by atoms with E-state index < -0.39 is 43.5 Å². The molecule has 0 atom stereocenters. The lowest BCUT2D eigenvalue weighted by Gasteiger charge is -2.11. The van der Waals surface area contributed by atoms with Crippen molar-refractivity contribution in [2.45, 2.75) is 18.7 Å². The molecule has 23 heavy (non-hydrogen) atoms. The number of benzene rings is 2. The minimum absolute atomic E-state index is 0.146. The van der Waals surface area contributed by atoms with Gasteiger partial charge in [0.15, 0.2) is 5.82 Å². The normalized spacial score (nSPS) is 11.3. The van der Waals surface area contributed by atoms with Crippen LogP contribution in [0.3, 0.4) is 0 Å². The van der Waals surface area contributed by atoms with Crippen molar-refractivity contribution in [3.63, 3.8) is 0 Å². The number of sulfonamides is 1. The predicted molar refractivity (Wildman–Crippen MR) is 79.7 cm³/mol. The number of rotatable bonds is 4. The van der Waals surface area contributed by atoms with Crippen molar-refractivity contribution < 1.29 is 22.1 Å². The number of anilines is 1. The lowest BCUT2D eigenvalue weighted by molar-refractivity contribution is -0.387. The molecule has 0 aromatic heterocycles. The third kappa shape index (κ3) is 3.29. The smallest absolute Gasteiger partial charge is 0.276 e. The van der Waals surface area contributed by atoms with Gasteiger partial charge < -0.3 is 0 Å². The number of nitrogens with zero attached hydrogens (tertiary/aromatic N) is 1. The van der Waals surface area contributed by atoms with Crippen molar-refractivity contribution >= 4 is 21.4 Å². The van der Waals surface area contributed by atoms with Crippen LogP contribution < -0.4 is 4.72 Å². The third-order valence-corrected chi connectivity index (χ3v) is 4.55. The number of aryl methyl sites for hydroxylation is 1. The average Bonchev–Trinajstić information content (AvgIpc) is 2.48. The zero-order chi connectivity index (χ0) is 17.4. The standard InChI is InChI=1S/C14H12F2N2O4S/c1-8-3-5-10(6-4-8)23(21,22)17-11-7-12(18(19)20)14(16)9(2)13(11)15/h3-7,17H,1-2H3. The molecule has 6 nitrogen and oxygen atoms in total. The van der Waals surface area contributed by atoms with Gasteiger partial charge in [0.05, 0.1) is 15.5 Å². The van der Waals surface area contributed by atoms with Gasteiger partial charge in [0.2, 0.25) is 5.82 Å². The van der Waals surface area contributed by atoms with Gasteiger partial charge in [-0.25, -0.2) is 12.8 Å². The molecular formula is C14H12F2N2O4S. The first-order valence-corrected chi connectivity index (χ1v) is 7.84. The fourth-order valence-electron chi connectivity index (χ4n) is 1.88. The van der Waals surface area contributed by atoms with Crippen molar-refractivity contribution in [3.8, 4) is 0 Å². The maximum absolute atomic E-state index is 14.0. The number of nitro groups is 1. The second-order valence-electron chi connectivity index (χ2n) is 4.87. The summed E-state index contributed by atoms with van der Waals surface area (Å²) in [5.41, 5.74) is -1.51. The zero-order valence-corrected chi connectivity index (χ0v) is 12.9. The molecule has 0 heterocycles. The van der Waals surface area contributed by atoms with Crippen LogP contribution in [-0.2, 0) is 10.0 Å². The highest BCUT2D eigenvalue weighted by Crippen LogP contribution is 2.30. The molecule has 2 rings (SSSR count). The molecule has 0 amide bonds. The van der Waals surface area contributed by atoms with Gasteiger partial charge >= 0.3 is 5.69 Å². The summed E-state index contributed by atoms with van der Waals surface area (Å²) < 4.78 is 54.0. The molecule has 0 radical (unpaired) electrons. The molecule has 0 aliphatic rings. The van der Waals surface area contributed by atoms with Gasteiger partial charge in [0, 0.05) is 11.6 Å². The second kappa shape index (κ2) is 5.92.